The summed E-state index contributed by atoms with van der Waals surface area (Å²) in [6.07, 6.45) is 9.43. The van der Waals surface area contributed by atoms with Gasteiger partial charge in [-0.1, -0.05) is 12.0 Å². The Hall–Kier alpha value is -4.21. The molecule has 1 spiro atoms. The average Bonchev–Trinajstić information content (AvgIpc) is 3.39. The summed E-state index contributed by atoms with van der Waals surface area (Å²) in [4.78, 5) is 18.6. The molecule has 5 aliphatic rings. The second-order valence-electron chi connectivity index (χ2n) is 14.1. The molecule has 9 rings (SSSR count). The second-order valence-corrected chi connectivity index (χ2v) is 14.1. The minimum atomic E-state index is -2.67. The van der Waals surface area contributed by atoms with Crippen LogP contribution in [0.2, 0.25) is 0 Å². The lowest BCUT2D eigenvalue weighted by Gasteiger charge is -2.32. The Morgan fingerprint density at radius 2 is 1.94 bits per heavy atom. The van der Waals surface area contributed by atoms with Crippen LogP contribution in [0.15, 0.2) is 24.3 Å². The number of rotatable bonds is 4. The molecule has 0 amide bonds. The van der Waals surface area contributed by atoms with Gasteiger partial charge in [0.05, 0.1) is 40.2 Å². The van der Waals surface area contributed by atoms with Gasteiger partial charge < -0.3 is 19.5 Å². The number of benzene rings is 2. The minimum absolute atomic E-state index is 0.0200. The van der Waals surface area contributed by atoms with Crippen molar-refractivity contribution in [3.05, 3.63) is 47.2 Å². The first-order valence-electron chi connectivity index (χ1n) is 16.5. The molecule has 48 heavy (non-hydrogen) atoms. The number of halogens is 4. The molecule has 8 nitrogen and oxygen atoms in total. The standard InChI is InChI=1S/C36H33F4N5O3/c1-2-23-25(37)7-5-20-13-22(46)14-24(27(20)23)30-29(38)31-28-26(41-30)8-6-21-15-47-12-4-11-45(21)32(28)43-33(42-31)48-19-35-9-3-10-44(35)18-34(16-35)17-36(34,39)40/h1,5,7,13-14,21,46H,3-4,6,8-12,15-19H2/t21-,34-,35-/m0/s1. The van der Waals surface area contributed by atoms with E-state index in [4.69, 9.17) is 25.9 Å². The quantitative estimate of drug-likeness (QED) is 0.211. The van der Waals surface area contributed by atoms with Crippen molar-refractivity contribution in [1.29, 1.82) is 0 Å². The maximum atomic E-state index is 17.1. The lowest BCUT2D eigenvalue weighted by atomic mass is 9.89. The normalized spacial score (nSPS) is 27.5. The van der Waals surface area contributed by atoms with Gasteiger partial charge in [0.1, 0.15) is 35.2 Å². The Balaban J connectivity index is 1.21. The van der Waals surface area contributed by atoms with Crippen LogP contribution in [0.25, 0.3) is 32.9 Å². The van der Waals surface area contributed by atoms with E-state index in [1.165, 1.54) is 24.3 Å². The predicted molar refractivity (Wildman–Crippen MR) is 170 cm³/mol. The fourth-order valence-corrected chi connectivity index (χ4v) is 8.89. The van der Waals surface area contributed by atoms with Crippen LogP contribution in [0.5, 0.6) is 11.8 Å². The predicted octanol–water partition coefficient (Wildman–Crippen LogP) is 5.99. The summed E-state index contributed by atoms with van der Waals surface area (Å²) < 4.78 is 73.2. The van der Waals surface area contributed by atoms with E-state index in [0.29, 0.717) is 67.8 Å². The number of aryl methyl sites for hydroxylation is 1. The number of aromatic nitrogens is 3. The molecular formula is C36H33F4N5O3. The molecular weight excluding hydrogens is 626 g/mol. The molecule has 248 valence electrons. The van der Waals surface area contributed by atoms with Crippen molar-refractivity contribution in [2.75, 3.05) is 44.4 Å². The SMILES string of the molecule is C#Cc1c(F)ccc2cc(O)cc(-c3nc4c5c(nc(OC[C@@]67CCCN6C[C@@]6(CC6(F)F)C7)nc5c3F)N3CCCOC[C@@H]3CC4)c12. The van der Waals surface area contributed by atoms with Crippen LogP contribution >= 0.6 is 0 Å². The molecule has 6 heterocycles. The van der Waals surface area contributed by atoms with Gasteiger partial charge in [-0.3, -0.25) is 4.90 Å². The summed E-state index contributed by atoms with van der Waals surface area (Å²) in [5.74, 6) is -1.39. The van der Waals surface area contributed by atoms with Crippen molar-refractivity contribution in [2.45, 2.75) is 62.4 Å². The highest BCUT2D eigenvalue weighted by molar-refractivity contribution is 6.03. The number of nitrogens with zero attached hydrogens (tertiary/aromatic N) is 5. The molecule has 0 bridgehead atoms. The number of terminal acetylenes is 1. The molecule has 2 aromatic carbocycles. The van der Waals surface area contributed by atoms with Crippen LogP contribution in [0.4, 0.5) is 23.4 Å². The number of hydrogen-bond acceptors (Lipinski definition) is 8. The van der Waals surface area contributed by atoms with E-state index < -0.39 is 28.5 Å². The lowest BCUT2D eigenvalue weighted by Crippen LogP contribution is -2.43. The van der Waals surface area contributed by atoms with Gasteiger partial charge in [0.15, 0.2) is 5.82 Å². The van der Waals surface area contributed by atoms with E-state index >= 15 is 4.39 Å². The third-order valence-corrected chi connectivity index (χ3v) is 11.3. The van der Waals surface area contributed by atoms with E-state index in [2.05, 4.69) is 20.7 Å². The first kappa shape index (κ1) is 29.9. The van der Waals surface area contributed by atoms with Gasteiger partial charge in [0, 0.05) is 37.1 Å². The van der Waals surface area contributed by atoms with Crippen LogP contribution in [-0.4, -0.2) is 81.9 Å². The Morgan fingerprint density at radius 3 is 2.75 bits per heavy atom. The number of aromatic hydroxyl groups is 1. The van der Waals surface area contributed by atoms with E-state index in [-0.39, 0.29) is 58.6 Å². The third kappa shape index (κ3) is 4.33. The summed E-state index contributed by atoms with van der Waals surface area (Å²) in [6.45, 7) is 2.85. The fraction of sp³-hybridized carbons (Fsp3) is 0.472. The van der Waals surface area contributed by atoms with Crippen molar-refractivity contribution in [2.24, 2.45) is 5.41 Å². The number of alkyl halides is 2. The van der Waals surface area contributed by atoms with Crippen LogP contribution in [0.1, 0.15) is 49.8 Å². The van der Waals surface area contributed by atoms with Crippen LogP contribution in [0.3, 0.4) is 0 Å². The molecule has 1 aliphatic carbocycles. The molecule has 3 saturated heterocycles. The summed E-state index contributed by atoms with van der Waals surface area (Å²) in [5, 5.41) is 11.8. The first-order valence-corrected chi connectivity index (χ1v) is 16.5. The van der Waals surface area contributed by atoms with E-state index in [0.717, 1.165) is 25.8 Å². The summed E-state index contributed by atoms with van der Waals surface area (Å²) in [6, 6.07) is 5.36. The third-order valence-electron chi connectivity index (χ3n) is 11.3. The summed E-state index contributed by atoms with van der Waals surface area (Å²) in [7, 11) is 0. The zero-order valence-electron chi connectivity index (χ0n) is 26.2. The number of phenols is 1. The molecule has 0 unspecified atom stereocenters. The molecule has 4 aliphatic heterocycles. The van der Waals surface area contributed by atoms with Gasteiger partial charge in [-0.05, 0) is 68.7 Å². The fourth-order valence-electron chi connectivity index (χ4n) is 8.89. The molecule has 4 aromatic rings. The smallest absolute Gasteiger partial charge is 0.319 e. The molecule has 3 atom stereocenters. The highest BCUT2D eigenvalue weighted by atomic mass is 19.3. The Labute approximate surface area is 274 Å². The van der Waals surface area contributed by atoms with Crippen LogP contribution in [0, 0.1) is 29.4 Å². The highest BCUT2D eigenvalue weighted by Crippen LogP contribution is 2.69. The monoisotopic (exact) mass is 659 g/mol. The number of hydrogen-bond donors (Lipinski definition) is 1. The van der Waals surface area contributed by atoms with E-state index in [9.17, 15) is 18.3 Å². The molecule has 12 heteroatoms. The largest absolute Gasteiger partial charge is 0.508 e. The van der Waals surface area contributed by atoms with Crippen LogP contribution < -0.4 is 9.64 Å². The van der Waals surface area contributed by atoms with Crippen molar-refractivity contribution in [1.82, 2.24) is 19.9 Å². The average molecular weight is 660 g/mol. The minimum Gasteiger partial charge on any atom is -0.508 e. The highest BCUT2D eigenvalue weighted by Gasteiger charge is 2.77. The summed E-state index contributed by atoms with van der Waals surface area (Å²) in [5.41, 5.74) is -1.09. The topological polar surface area (TPSA) is 83.8 Å². The Morgan fingerprint density at radius 1 is 1.08 bits per heavy atom. The van der Waals surface area contributed by atoms with E-state index in [1.54, 1.807) is 0 Å². The maximum absolute atomic E-state index is 17.1. The second kappa shape index (κ2) is 10.4. The van der Waals surface area contributed by atoms with Gasteiger partial charge in [-0.15, -0.1) is 6.42 Å². The molecule has 0 radical (unpaired) electrons. The number of phenolic OH excluding ortho intramolecular Hbond substituents is 1. The van der Waals surface area contributed by atoms with Crippen molar-refractivity contribution >= 4 is 27.5 Å². The van der Waals surface area contributed by atoms with Crippen molar-refractivity contribution < 1.29 is 32.1 Å². The Bertz CT molecular complexity index is 2070. The molecule has 4 fully saturated rings. The zero-order chi connectivity index (χ0) is 33.0. The Kier molecular flexibility index (Phi) is 6.47. The number of ether oxygens (including phenoxy) is 2. The van der Waals surface area contributed by atoms with Crippen LogP contribution in [-0.2, 0) is 11.2 Å². The lowest BCUT2D eigenvalue weighted by molar-refractivity contribution is 0.0647. The van der Waals surface area contributed by atoms with Gasteiger partial charge in [-0.25, -0.2) is 22.5 Å². The maximum Gasteiger partial charge on any atom is 0.319 e. The molecule has 1 saturated carbocycles. The van der Waals surface area contributed by atoms with E-state index in [1.807, 2.05) is 0 Å². The van der Waals surface area contributed by atoms with Gasteiger partial charge >= 0.3 is 6.01 Å². The van der Waals surface area contributed by atoms with Gasteiger partial charge in [0.25, 0.3) is 5.92 Å². The van der Waals surface area contributed by atoms with Crippen molar-refractivity contribution in [3.63, 3.8) is 0 Å². The summed E-state index contributed by atoms with van der Waals surface area (Å²) >= 11 is 0. The van der Waals surface area contributed by atoms with Crippen molar-refractivity contribution in [3.8, 4) is 35.4 Å². The van der Waals surface area contributed by atoms with Gasteiger partial charge in [-0.2, -0.15) is 9.97 Å². The molecule has 2 aromatic heterocycles. The molecule has 1 N–H and O–H groups in total. The number of pyridine rings is 1. The van der Waals surface area contributed by atoms with Gasteiger partial charge in [0.2, 0.25) is 0 Å². The first-order chi connectivity index (χ1) is 23.1. The number of fused-ring (bicyclic) bond motifs is 4. The number of anilines is 1. The zero-order valence-corrected chi connectivity index (χ0v) is 26.2.